The van der Waals surface area contributed by atoms with Gasteiger partial charge in [-0.05, 0) is 48.4 Å². The fraction of sp³-hybridized carbons (Fsp3) is 0.269. The molecule has 1 aromatic heterocycles. The summed E-state index contributed by atoms with van der Waals surface area (Å²) in [5.74, 6) is -0.368. The summed E-state index contributed by atoms with van der Waals surface area (Å²) in [6.07, 6.45) is 0.741. The second-order valence-electron chi connectivity index (χ2n) is 8.17. The Morgan fingerprint density at radius 3 is 2.74 bits per heavy atom. The van der Waals surface area contributed by atoms with Crippen LogP contribution in [0.3, 0.4) is 0 Å². The Labute approximate surface area is 208 Å². The van der Waals surface area contributed by atoms with Gasteiger partial charge in [-0.15, -0.1) is 0 Å². The number of carboxylic acids is 1. The van der Waals surface area contributed by atoms with Crippen LogP contribution in [-0.4, -0.2) is 47.8 Å². The smallest absolute Gasteiger partial charge is 0.326 e. The number of aliphatic carboxylic acids is 1. The molecule has 1 aliphatic rings. The molecule has 35 heavy (non-hydrogen) atoms. The van der Waals surface area contributed by atoms with Gasteiger partial charge in [-0.3, -0.25) is 4.79 Å². The maximum Gasteiger partial charge on any atom is 0.326 e. The van der Waals surface area contributed by atoms with E-state index in [0.29, 0.717) is 36.8 Å². The largest absolute Gasteiger partial charge is 0.493 e. The third-order valence-corrected chi connectivity index (χ3v) is 5.93. The Bertz CT molecular complexity index is 1200. The molecule has 1 aliphatic heterocycles. The first-order valence-electron chi connectivity index (χ1n) is 11.3. The molecule has 1 amide bonds. The lowest BCUT2D eigenvalue weighted by molar-refractivity contribution is -0.139. The second-order valence-corrected chi connectivity index (χ2v) is 8.58. The van der Waals surface area contributed by atoms with Crippen molar-refractivity contribution in [3.05, 3.63) is 82.0 Å². The topological polar surface area (TPSA) is 110 Å². The van der Waals surface area contributed by atoms with Gasteiger partial charge in [0.05, 0.1) is 22.9 Å². The molecule has 2 aromatic carbocycles. The summed E-state index contributed by atoms with van der Waals surface area (Å²) in [7, 11) is 0. The van der Waals surface area contributed by atoms with E-state index in [0.717, 1.165) is 23.5 Å². The second kappa shape index (κ2) is 11.1. The molecule has 2 heterocycles. The lowest BCUT2D eigenvalue weighted by Gasteiger charge is -2.18. The van der Waals surface area contributed by atoms with Crippen LogP contribution < -0.4 is 20.1 Å². The maximum atomic E-state index is 12.7. The quantitative estimate of drug-likeness (QED) is 0.413. The van der Waals surface area contributed by atoms with Crippen molar-refractivity contribution in [1.29, 1.82) is 0 Å². The van der Waals surface area contributed by atoms with E-state index >= 15 is 0 Å². The minimum atomic E-state index is -1.12. The molecule has 8 nitrogen and oxygen atoms in total. The van der Waals surface area contributed by atoms with Gasteiger partial charge in [-0.1, -0.05) is 35.9 Å². The number of rotatable bonds is 9. The van der Waals surface area contributed by atoms with Crippen molar-refractivity contribution in [3.63, 3.8) is 0 Å². The lowest BCUT2D eigenvalue weighted by Crippen LogP contribution is -2.42. The van der Waals surface area contributed by atoms with Gasteiger partial charge in [0.25, 0.3) is 5.91 Å². The minimum Gasteiger partial charge on any atom is -0.493 e. The zero-order valence-electron chi connectivity index (χ0n) is 19.2. The minimum absolute atomic E-state index is 0.123. The van der Waals surface area contributed by atoms with E-state index in [2.05, 4.69) is 15.6 Å². The van der Waals surface area contributed by atoms with Crippen LogP contribution in [0.5, 0.6) is 11.6 Å². The van der Waals surface area contributed by atoms with Crippen LogP contribution in [0.15, 0.2) is 54.6 Å². The SMILES string of the molecule is Cc1cccc(Cl)c1C(=O)N[C@@H](Cc1ccc(OCCc2ccc3c(n2)OCCN3)cc1)C(=O)O. The first-order chi connectivity index (χ1) is 16.9. The molecule has 0 saturated heterocycles. The molecule has 0 saturated carbocycles. The first-order valence-corrected chi connectivity index (χ1v) is 11.7. The molecule has 3 N–H and O–H groups in total. The highest BCUT2D eigenvalue weighted by atomic mass is 35.5. The van der Waals surface area contributed by atoms with Crippen molar-refractivity contribution < 1.29 is 24.2 Å². The van der Waals surface area contributed by atoms with Crippen LogP contribution in [-0.2, 0) is 17.6 Å². The number of hydrogen-bond acceptors (Lipinski definition) is 6. The van der Waals surface area contributed by atoms with Gasteiger partial charge in [0, 0.05) is 25.1 Å². The predicted molar refractivity (Wildman–Crippen MR) is 133 cm³/mol. The van der Waals surface area contributed by atoms with E-state index in [9.17, 15) is 14.7 Å². The number of halogens is 1. The van der Waals surface area contributed by atoms with Gasteiger partial charge in [-0.25, -0.2) is 9.78 Å². The van der Waals surface area contributed by atoms with Crippen molar-refractivity contribution in [2.24, 2.45) is 0 Å². The van der Waals surface area contributed by atoms with Crippen LogP contribution in [0.2, 0.25) is 5.02 Å². The van der Waals surface area contributed by atoms with E-state index in [1.165, 1.54) is 0 Å². The summed E-state index contributed by atoms with van der Waals surface area (Å²) in [6.45, 7) is 3.55. The molecule has 4 rings (SSSR count). The van der Waals surface area contributed by atoms with Crippen LogP contribution >= 0.6 is 11.6 Å². The van der Waals surface area contributed by atoms with Crippen molar-refractivity contribution >= 4 is 29.2 Å². The first kappa shape index (κ1) is 24.3. The molecular weight excluding hydrogens is 470 g/mol. The van der Waals surface area contributed by atoms with Crippen LogP contribution in [0.4, 0.5) is 5.69 Å². The van der Waals surface area contributed by atoms with Crippen molar-refractivity contribution in [2.45, 2.75) is 25.8 Å². The number of ether oxygens (including phenoxy) is 2. The van der Waals surface area contributed by atoms with E-state index in [-0.39, 0.29) is 17.0 Å². The summed E-state index contributed by atoms with van der Waals surface area (Å²) in [5, 5.41) is 15.7. The van der Waals surface area contributed by atoms with E-state index in [1.54, 1.807) is 49.4 Å². The third-order valence-electron chi connectivity index (χ3n) is 5.62. The number of hydrogen-bond donors (Lipinski definition) is 3. The van der Waals surface area contributed by atoms with Crippen LogP contribution in [0, 0.1) is 6.92 Å². The molecule has 9 heteroatoms. The van der Waals surface area contributed by atoms with Gasteiger partial charge >= 0.3 is 5.97 Å². The zero-order valence-corrected chi connectivity index (χ0v) is 20.0. The average molecular weight is 496 g/mol. The number of fused-ring (bicyclic) bond motifs is 1. The third kappa shape index (κ3) is 6.22. The van der Waals surface area contributed by atoms with Crippen LogP contribution in [0.1, 0.15) is 27.2 Å². The van der Waals surface area contributed by atoms with Gasteiger partial charge in [0.2, 0.25) is 5.88 Å². The van der Waals surface area contributed by atoms with E-state index in [4.69, 9.17) is 21.1 Å². The average Bonchev–Trinajstić information content (AvgIpc) is 2.84. The molecule has 0 aliphatic carbocycles. The summed E-state index contributed by atoms with van der Waals surface area (Å²) in [5.41, 5.74) is 3.48. The molecule has 0 spiro atoms. The standard InChI is InChI=1S/C26H26ClN3O5/c1-16-3-2-4-20(27)23(16)24(31)30-22(26(32)33)15-17-5-8-19(9-6-17)34-13-11-18-7-10-21-25(29-18)35-14-12-28-21/h2-10,22,28H,11-15H2,1H3,(H,30,31)(H,32,33)/t22-/m0/s1. The Morgan fingerprint density at radius 2 is 2.00 bits per heavy atom. The predicted octanol–water partition coefficient (Wildman–Crippen LogP) is 3.89. The molecule has 0 bridgehead atoms. The number of benzene rings is 2. The Balaban J connectivity index is 1.31. The number of carboxylic acid groups (broad SMARTS) is 1. The van der Waals surface area contributed by atoms with Gasteiger partial charge in [-0.2, -0.15) is 0 Å². The Hall–Kier alpha value is -3.78. The summed E-state index contributed by atoms with van der Waals surface area (Å²) in [6, 6.07) is 15.0. The van der Waals surface area contributed by atoms with Crippen molar-refractivity contribution in [2.75, 3.05) is 25.1 Å². The van der Waals surface area contributed by atoms with Gasteiger partial charge in [0.15, 0.2) is 0 Å². The molecule has 182 valence electrons. The van der Waals surface area contributed by atoms with Crippen LogP contribution in [0.25, 0.3) is 0 Å². The van der Waals surface area contributed by atoms with Crippen molar-refractivity contribution in [1.82, 2.24) is 10.3 Å². The number of aromatic nitrogens is 1. The highest BCUT2D eigenvalue weighted by molar-refractivity contribution is 6.34. The molecular formula is C26H26ClN3O5. The fourth-order valence-corrected chi connectivity index (χ4v) is 4.08. The number of carbonyl (C=O) groups is 2. The molecule has 3 aromatic rings. The summed E-state index contributed by atoms with van der Waals surface area (Å²) in [4.78, 5) is 28.9. The summed E-state index contributed by atoms with van der Waals surface area (Å²) >= 11 is 6.14. The monoisotopic (exact) mass is 495 g/mol. The lowest BCUT2D eigenvalue weighted by atomic mass is 10.0. The normalized spacial score (nSPS) is 13.1. The van der Waals surface area contributed by atoms with E-state index < -0.39 is 17.9 Å². The number of nitrogens with one attached hydrogen (secondary N) is 2. The molecule has 1 atom stereocenters. The highest BCUT2D eigenvalue weighted by Crippen LogP contribution is 2.25. The Kier molecular flexibility index (Phi) is 7.72. The van der Waals surface area contributed by atoms with Gasteiger partial charge in [0.1, 0.15) is 18.4 Å². The van der Waals surface area contributed by atoms with Gasteiger partial charge < -0.3 is 25.2 Å². The van der Waals surface area contributed by atoms with E-state index in [1.807, 2.05) is 12.1 Å². The van der Waals surface area contributed by atoms with Crippen molar-refractivity contribution in [3.8, 4) is 11.6 Å². The number of amides is 1. The molecule has 0 radical (unpaired) electrons. The zero-order chi connectivity index (χ0) is 24.8. The highest BCUT2D eigenvalue weighted by Gasteiger charge is 2.23. The molecule has 0 fully saturated rings. The molecule has 0 unspecified atom stereocenters. The number of nitrogens with zero attached hydrogens (tertiary/aromatic N) is 1. The maximum absolute atomic E-state index is 12.7. The summed E-state index contributed by atoms with van der Waals surface area (Å²) < 4.78 is 11.4. The fourth-order valence-electron chi connectivity index (χ4n) is 3.78. The number of aryl methyl sites for hydroxylation is 1. The Morgan fingerprint density at radius 1 is 1.20 bits per heavy atom. The number of anilines is 1. The number of pyridine rings is 1. The number of carbonyl (C=O) groups excluding carboxylic acids is 1.